The highest BCUT2D eigenvalue weighted by molar-refractivity contribution is 7.09. The number of thiazole rings is 1. The molecule has 0 aliphatic heterocycles. The lowest BCUT2D eigenvalue weighted by molar-refractivity contribution is 0.0492. The summed E-state index contributed by atoms with van der Waals surface area (Å²) in [6, 6.07) is 3.38. The topological polar surface area (TPSA) is 78.6 Å². The number of aryl methyl sites for hydroxylation is 2. The summed E-state index contributed by atoms with van der Waals surface area (Å²) >= 11 is 1.40. The number of hydrogen-bond donors (Lipinski definition) is 0. The summed E-state index contributed by atoms with van der Waals surface area (Å²) in [4.78, 5) is 30.0. The molecule has 0 radical (unpaired) electrons. The van der Waals surface area contributed by atoms with Gasteiger partial charge in [-0.1, -0.05) is 6.92 Å². The highest BCUT2D eigenvalue weighted by atomic mass is 32.1. The van der Waals surface area contributed by atoms with E-state index in [4.69, 9.17) is 13.9 Å². The van der Waals surface area contributed by atoms with E-state index in [0.717, 1.165) is 10.6 Å². The van der Waals surface area contributed by atoms with Crippen LogP contribution in [0.3, 0.4) is 0 Å². The second-order valence-electron chi connectivity index (χ2n) is 5.62. The summed E-state index contributed by atoms with van der Waals surface area (Å²) in [5, 5.41) is 2.91. The maximum absolute atomic E-state index is 13.2. The molecular formula is C19H19NO5S. The highest BCUT2D eigenvalue weighted by Gasteiger charge is 2.25. The van der Waals surface area contributed by atoms with Crippen molar-refractivity contribution in [3.05, 3.63) is 44.1 Å². The Morgan fingerprint density at radius 1 is 1.31 bits per heavy atom. The third-order valence-electron chi connectivity index (χ3n) is 4.01. The Morgan fingerprint density at radius 2 is 2.08 bits per heavy atom. The van der Waals surface area contributed by atoms with E-state index < -0.39 is 5.97 Å². The minimum Gasteiger partial charge on any atom is -0.496 e. The van der Waals surface area contributed by atoms with Crippen molar-refractivity contribution < 1.29 is 18.7 Å². The van der Waals surface area contributed by atoms with E-state index >= 15 is 0 Å². The average molecular weight is 373 g/mol. The molecule has 0 atom stereocenters. The minimum atomic E-state index is -0.689. The lowest BCUT2D eigenvalue weighted by Crippen LogP contribution is -2.15. The normalized spacial score (nSPS) is 10.9. The number of esters is 1. The molecule has 6 nitrogen and oxygen atoms in total. The molecule has 0 spiro atoms. The van der Waals surface area contributed by atoms with Gasteiger partial charge >= 0.3 is 5.97 Å². The fraction of sp³-hybridized carbons (Fsp3) is 0.316. The maximum atomic E-state index is 13.2. The van der Waals surface area contributed by atoms with Gasteiger partial charge in [0, 0.05) is 11.4 Å². The fourth-order valence-electron chi connectivity index (χ4n) is 2.78. The van der Waals surface area contributed by atoms with E-state index in [-0.39, 0.29) is 28.9 Å². The molecule has 0 aliphatic carbocycles. The van der Waals surface area contributed by atoms with Gasteiger partial charge in [-0.25, -0.2) is 9.78 Å². The lowest BCUT2D eigenvalue weighted by atomic mass is 10.0. The summed E-state index contributed by atoms with van der Waals surface area (Å²) in [5.41, 5.74) is 1.41. The van der Waals surface area contributed by atoms with Crippen molar-refractivity contribution in [2.24, 2.45) is 0 Å². The maximum Gasteiger partial charge on any atom is 0.375 e. The zero-order valence-electron chi connectivity index (χ0n) is 15.0. The van der Waals surface area contributed by atoms with Crippen LogP contribution in [0.2, 0.25) is 0 Å². The van der Waals surface area contributed by atoms with Crippen LogP contribution in [0.15, 0.2) is 26.7 Å². The van der Waals surface area contributed by atoms with Crippen LogP contribution in [0.25, 0.3) is 22.2 Å². The molecule has 2 heterocycles. The van der Waals surface area contributed by atoms with Crippen molar-refractivity contribution in [3.8, 4) is 17.0 Å². The number of rotatable bonds is 5. The van der Waals surface area contributed by atoms with Crippen molar-refractivity contribution in [2.45, 2.75) is 27.2 Å². The molecule has 3 aromatic rings. The molecule has 136 valence electrons. The number of hydrogen-bond acceptors (Lipinski definition) is 7. The molecule has 0 N–H and O–H groups in total. The SMILES string of the molecule is CCOC(=O)c1oc2cc(OC)c(CC)cc2c(=O)c1-c1csc(C)n1. The summed E-state index contributed by atoms with van der Waals surface area (Å²) in [7, 11) is 1.55. The summed E-state index contributed by atoms with van der Waals surface area (Å²) in [6.45, 7) is 5.68. The van der Waals surface area contributed by atoms with Crippen LogP contribution in [-0.4, -0.2) is 24.7 Å². The number of fused-ring (bicyclic) bond motifs is 1. The number of aromatic nitrogens is 1. The molecule has 2 aromatic heterocycles. The van der Waals surface area contributed by atoms with Crippen LogP contribution in [0, 0.1) is 6.92 Å². The molecule has 0 saturated carbocycles. The predicted octanol–water partition coefficient (Wildman–Crippen LogP) is 3.97. The summed E-state index contributed by atoms with van der Waals surface area (Å²) < 4.78 is 16.2. The predicted molar refractivity (Wildman–Crippen MR) is 100 cm³/mol. The molecule has 26 heavy (non-hydrogen) atoms. The smallest absolute Gasteiger partial charge is 0.375 e. The van der Waals surface area contributed by atoms with Gasteiger partial charge in [0.05, 0.1) is 35.4 Å². The van der Waals surface area contributed by atoms with Gasteiger partial charge in [0.2, 0.25) is 11.2 Å². The largest absolute Gasteiger partial charge is 0.496 e. The van der Waals surface area contributed by atoms with Gasteiger partial charge in [-0.2, -0.15) is 0 Å². The van der Waals surface area contributed by atoms with E-state index in [9.17, 15) is 9.59 Å². The molecule has 3 rings (SSSR count). The minimum absolute atomic E-state index is 0.132. The van der Waals surface area contributed by atoms with Crippen LogP contribution in [0.1, 0.15) is 35.0 Å². The number of carbonyl (C=O) groups excluding carboxylic acids is 1. The van der Waals surface area contributed by atoms with Crippen molar-refractivity contribution in [1.29, 1.82) is 0 Å². The quantitative estimate of drug-likeness (QED) is 0.630. The van der Waals surface area contributed by atoms with E-state index in [1.807, 2.05) is 13.8 Å². The van der Waals surface area contributed by atoms with Crippen LogP contribution in [0.4, 0.5) is 0 Å². The van der Waals surface area contributed by atoms with Crippen molar-refractivity contribution in [2.75, 3.05) is 13.7 Å². The van der Waals surface area contributed by atoms with Gasteiger partial charge in [0.15, 0.2) is 0 Å². The Kier molecular flexibility index (Phi) is 5.08. The second kappa shape index (κ2) is 7.29. The van der Waals surface area contributed by atoms with E-state index in [1.165, 1.54) is 11.3 Å². The first-order valence-electron chi connectivity index (χ1n) is 8.27. The number of benzene rings is 1. The van der Waals surface area contributed by atoms with Crippen LogP contribution in [-0.2, 0) is 11.2 Å². The highest BCUT2D eigenvalue weighted by Crippen LogP contribution is 2.30. The monoisotopic (exact) mass is 373 g/mol. The lowest BCUT2D eigenvalue weighted by Gasteiger charge is -2.11. The van der Waals surface area contributed by atoms with E-state index in [1.54, 1.807) is 31.5 Å². The number of nitrogens with zero attached hydrogens (tertiary/aromatic N) is 1. The van der Waals surface area contributed by atoms with Crippen molar-refractivity contribution in [3.63, 3.8) is 0 Å². The summed E-state index contributed by atoms with van der Waals surface area (Å²) in [5.74, 6) is -0.221. The van der Waals surface area contributed by atoms with Crippen LogP contribution < -0.4 is 10.2 Å². The van der Waals surface area contributed by atoms with E-state index in [0.29, 0.717) is 23.3 Å². The van der Waals surface area contributed by atoms with Gasteiger partial charge in [-0.3, -0.25) is 4.79 Å². The fourth-order valence-corrected chi connectivity index (χ4v) is 3.39. The Labute approximate surface area is 154 Å². The molecule has 0 saturated heterocycles. The molecule has 0 fully saturated rings. The van der Waals surface area contributed by atoms with Gasteiger partial charge in [0.25, 0.3) is 0 Å². The van der Waals surface area contributed by atoms with Gasteiger partial charge in [-0.05, 0) is 31.9 Å². The Bertz CT molecular complexity index is 1030. The Hall–Kier alpha value is -2.67. The first kappa shape index (κ1) is 18.1. The van der Waals surface area contributed by atoms with E-state index in [2.05, 4.69) is 4.98 Å². The third-order valence-corrected chi connectivity index (χ3v) is 4.78. The Balaban J connectivity index is 2.38. The molecule has 1 aromatic carbocycles. The second-order valence-corrected chi connectivity index (χ2v) is 6.68. The Morgan fingerprint density at radius 3 is 2.65 bits per heavy atom. The zero-order chi connectivity index (χ0) is 18.8. The number of methoxy groups -OCH3 is 1. The first-order valence-corrected chi connectivity index (χ1v) is 9.15. The molecular weight excluding hydrogens is 354 g/mol. The van der Waals surface area contributed by atoms with Gasteiger partial charge < -0.3 is 13.9 Å². The standard InChI is InChI=1S/C19H19NO5S/c1-5-11-7-12-15(8-14(11)23-4)25-18(19(22)24-6-2)16(17(12)21)13-9-26-10(3)20-13/h7-9H,5-6H2,1-4H3. The number of carbonyl (C=O) groups is 1. The summed E-state index contributed by atoms with van der Waals surface area (Å²) in [6.07, 6.45) is 0.698. The van der Waals surface area contributed by atoms with Crippen LogP contribution in [0.5, 0.6) is 5.75 Å². The average Bonchev–Trinajstić information content (AvgIpc) is 3.06. The zero-order valence-corrected chi connectivity index (χ0v) is 15.9. The first-order chi connectivity index (χ1) is 12.5. The molecule has 0 bridgehead atoms. The van der Waals surface area contributed by atoms with Gasteiger partial charge in [0.1, 0.15) is 11.3 Å². The number of ether oxygens (including phenoxy) is 2. The van der Waals surface area contributed by atoms with Crippen LogP contribution >= 0.6 is 11.3 Å². The third kappa shape index (κ3) is 3.10. The van der Waals surface area contributed by atoms with Gasteiger partial charge in [-0.15, -0.1) is 11.3 Å². The molecule has 0 amide bonds. The molecule has 0 unspecified atom stereocenters. The molecule has 7 heteroatoms. The van der Waals surface area contributed by atoms with Crippen molar-refractivity contribution >= 4 is 28.3 Å². The molecule has 0 aliphatic rings. The van der Waals surface area contributed by atoms with Crippen molar-refractivity contribution in [1.82, 2.24) is 4.98 Å².